The van der Waals surface area contributed by atoms with Gasteiger partial charge in [0.2, 0.25) is 5.95 Å². The van der Waals surface area contributed by atoms with Crippen molar-refractivity contribution >= 4 is 110 Å². The zero-order valence-corrected chi connectivity index (χ0v) is 31.5. The van der Waals surface area contributed by atoms with Crippen molar-refractivity contribution in [1.82, 2.24) is 19.5 Å². The summed E-state index contributed by atoms with van der Waals surface area (Å²) in [6, 6.07) is 48.5. The first-order valence-electron chi connectivity index (χ1n) is 18.8. The summed E-state index contributed by atoms with van der Waals surface area (Å²) in [5.41, 5.74) is 17.0. The molecule has 10 rings (SSSR count). The molecule has 10 heteroatoms. The van der Waals surface area contributed by atoms with Gasteiger partial charge in [-0.2, -0.15) is 9.97 Å². The third-order valence-corrected chi connectivity index (χ3v) is 11.7. The first kappa shape index (κ1) is 33.1. The highest BCUT2D eigenvalue weighted by Gasteiger charge is 2.22. The molecule has 0 radical (unpaired) electrons. The Kier molecular flexibility index (Phi) is 7.70. The first-order chi connectivity index (χ1) is 26.9. The maximum absolute atomic E-state index is 6.46. The summed E-state index contributed by atoms with van der Waals surface area (Å²) in [4.78, 5) is 15.6. The molecule has 0 fully saturated rings. The highest BCUT2D eigenvalue weighted by Crippen LogP contribution is 2.38. The molecule has 0 saturated carbocycles. The highest BCUT2D eigenvalue weighted by molar-refractivity contribution is 6.69. The van der Waals surface area contributed by atoms with E-state index in [1.54, 1.807) is 0 Å². The molecule has 0 atom stereocenters. The zero-order chi connectivity index (χ0) is 37.4. The van der Waals surface area contributed by atoms with Crippen LogP contribution in [0.3, 0.4) is 0 Å². The molecule has 0 saturated heterocycles. The Balaban J connectivity index is 1.20. The minimum absolute atomic E-state index is 0.564. The van der Waals surface area contributed by atoms with Crippen LogP contribution in [0.5, 0.6) is 0 Å². The number of aromatic nitrogens is 4. The molecule has 0 unspecified atom stereocenters. The molecule has 0 aliphatic carbocycles. The van der Waals surface area contributed by atoms with Gasteiger partial charge in [0.15, 0.2) is 11.6 Å². The van der Waals surface area contributed by atoms with E-state index in [9.17, 15) is 0 Å². The summed E-state index contributed by atoms with van der Waals surface area (Å²) >= 11 is 0. The number of furan rings is 1. The number of hydrogen-bond acceptors (Lipinski definition) is 4. The fourth-order valence-corrected chi connectivity index (χ4v) is 8.38. The number of hydrogen-bond donors (Lipinski definition) is 0. The van der Waals surface area contributed by atoms with Gasteiger partial charge >= 0.3 is 0 Å². The van der Waals surface area contributed by atoms with Crippen molar-refractivity contribution in [1.29, 1.82) is 0 Å². The van der Waals surface area contributed by atoms with Crippen LogP contribution in [0, 0.1) is 0 Å². The van der Waals surface area contributed by atoms with Crippen LogP contribution in [0.25, 0.3) is 94.7 Å². The summed E-state index contributed by atoms with van der Waals surface area (Å²) < 4.78 is 8.66. The Labute approximate surface area is 323 Å². The quantitative estimate of drug-likeness (QED) is 0.260. The van der Waals surface area contributed by atoms with Gasteiger partial charge < -0.3 is 4.42 Å². The smallest absolute Gasteiger partial charge is 0.238 e. The molecular weight excluding hydrogens is 667 g/mol. The molecule has 5 nitrogen and oxygen atoms in total. The van der Waals surface area contributed by atoms with Crippen LogP contribution in [0.1, 0.15) is 0 Å². The fraction of sp³-hybridized carbons (Fsp3) is 0. The standard InChI is InChI=1S/C45H33B5N4O/c46-38-37(39(47)41(49)42(50)40(38)48)30-15-9-17-33-36(30)29-14-7-8-16-32(29)54(33)45-52-43(25-12-5-2-6-13-25)51-44(53-45)27-18-20-28-31-22-26(24-10-3-1-4-11-24)19-21-34(31)55-35(28)23-27/h1-23H,46-50H2. The molecule has 0 spiro atoms. The predicted octanol–water partition coefficient (Wildman–Crippen LogP) is 2.83. The molecule has 55 heavy (non-hydrogen) atoms. The van der Waals surface area contributed by atoms with Gasteiger partial charge in [-0.15, -0.1) is 16.4 Å². The Hall–Kier alpha value is -6.53. The lowest BCUT2D eigenvalue weighted by molar-refractivity contribution is 0.669. The maximum atomic E-state index is 6.46. The van der Waals surface area contributed by atoms with E-state index in [1.165, 1.54) is 49.4 Å². The predicted molar refractivity (Wildman–Crippen MR) is 244 cm³/mol. The third-order valence-electron chi connectivity index (χ3n) is 11.7. The molecule has 3 heterocycles. The minimum atomic E-state index is 0.564. The van der Waals surface area contributed by atoms with E-state index >= 15 is 0 Å². The summed E-state index contributed by atoms with van der Waals surface area (Å²) in [7, 11) is 11.2. The highest BCUT2D eigenvalue weighted by atomic mass is 16.3. The Morgan fingerprint density at radius 2 is 1.04 bits per heavy atom. The molecule has 3 aromatic heterocycles. The van der Waals surface area contributed by atoms with Crippen molar-refractivity contribution in [3.05, 3.63) is 140 Å². The minimum Gasteiger partial charge on any atom is -0.456 e. The summed E-state index contributed by atoms with van der Waals surface area (Å²) in [5, 5.41) is 4.48. The van der Waals surface area contributed by atoms with E-state index < -0.39 is 0 Å². The number of rotatable bonds is 5. The lowest BCUT2D eigenvalue weighted by atomic mass is 9.59. The molecule has 10 aromatic rings. The van der Waals surface area contributed by atoms with Crippen molar-refractivity contribution in [3.63, 3.8) is 0 Å². The van der Waals surface area contributed by atoms with Crippen LogP contribution in [0.15, 0.2) is 144 Å². The molecule has 0 bridgehead atoms. The first-order valence-corrected chi connectivity index (χ1v) is 18.8. The molecule has 0 N–H and O–H groups in total. The van der Waals surface area contributed by atoms with Gasteiger partial charge in [-0.05, 0) is 58.7 Å². The maximum Gasteiger partial charge on any atom is 0.238 e. The van der Waals surface area contributed by atoms with Gasteiger partial charge in [0.05, 0.1) is 11.0 Å². The second-order valence-corrected chi connectivity index (χ2v) is 14.6. The van der Waals surface area contributed by atoms with Crippen molar-refractivity contribution in [2.24, 2.45) is 0 Å². The Morgan fingerprint density at radius 1 is 0.418 bits per heavy atom. The number of nitrogens with zero attached hydrogens (tertiary/aromatic N) is 4. The van der Waals surface area contributed by atoms with E-state index in [4.69, 9.17) is 19.4 Å². The number of fused-ring (bicyclic) bond motifs is 6. The van der Waals surface area contributed by atoms with Crippen LogP contribution < -0.4 is 27.3 Å². The van der Waals surface area contributed by atoms with Crippen LogP contribution in [0.2, 0.25) is 0 Å². The van der Waals surface area contributed by atoms with E-state index in [0.29, 0.717) is 17.6 Å². The van der Waals surface area contributed by atoms with Crippen LogP contribution in [-0.4, -0.2) is 58.8 Å². The molecule has 0 amide bonds. The largest absolute Gasteiger partial charge is 0.456 e. The Morgan fingerprint density at radius 3 is 1.78 bits per heavy atom. The van der Waals surface area contributed by atoms with E-state index in [-0.39, 0.29) is 0 Å². The van der Waals surface area contributed by atoms with Gasteiger partial charge in [0, 0.05) is 32.7 Å². The molecule has 0 aliphatic heterocycles. The SMILES string of the molecule is Bc1c(B)c(B)c(-c2cccc3c2c2ccccc2n3-c2nc(-c3ccccc3)nc(-c3ccc4c(c3)oc3ccc(-c5ccccc5)cc34)n2)c(B)c1B. The van der Waals surface area contributed by atoms with E-state index in [0.717, 1.165) is 55.0 Å². The monoisotopic (exact) mass is 700 g/mol. The van der Waals surface area contributed by atoms with Crippen molar-refractivity contribution in [2.45, 2.75) is 0 Å². The van der Waals surface area contributed by atoms with Gasteiger partial charge in [-0.3, -0.25) is 4.57 Å². The Bertz CT molecular complexity index is 3130. The number of para-hydroxylation sites is 1. The average molecular weight is 700 g/mol. The number of benzene rings is 7. The van der Waals surface area contributed by atoms with Gasteiger partial charge in [-0.25, -0.2) is 4.98 Å². The lowest BCUT2D eigenvalue weighted by Gasteiger charge is -2.21. The topological polar surface area (TPSA) is 56.7 Å². The molecule has 254 valence electrons. The van der Waals surface area contributed by atoms with Gasteiger partial charge in [-0.1, -0.05) is 114 Å². The van der Waals surface area contributed by atoms with E-state index in [1.807, 2.05) is 36.4 Å². The summed E-state index contributed by atoms with van der Waals surface area (Å²) in [5.74, 6) is 1.75. The van der Waals surface area contributed by atoms with Crippen LogP contribution in [0.4, 0.5) is 0 Å². The van der Waals surface area contributed by atoms with E-state index in [2.05, 4.69) is 147 Å². The lowest BCUT2D eigenvalue weighted by Crippen LogP contribution is -2.55. The van der Waals surface area contributed by atoms with Crippen molar-refractivity contribution < 1.29 is 4.42 Å². The van der Waals surface area contributed by atoms with Crippen molar-refractivity contribution in [3.8, 4) is 51.0 Å². The average Bonchev–Trinajstić information content (AvgIpc) is 3.78. The molecular formula is C45H33B5N4O. The third kappa shape index (κ3) is 5.27. The zero-order valence-electron chi connectivity index (χ0n) is 31.5. The van der Waals surface area contributed by atoms with Crippen LogP contribution in [-0.2, 0) is 0 Å². The summed E-state index contributed by atoms with van der Waals surface area (Å²) in [6.45, 7) is 0. The summed E-state index contributed by atoms with van der Waals surface area (Å²) in [6.07, 6.45) is 0. The normalized spacial score (nSPS) is 11.6. The second-order valence-electron chi connectivity index (χ2n) is 14.6. The molecule has 7 aromatic carbocycles. The fourth-order valence-electron chi connectivity index (χ4n) is 8.38. The molecule has 0 aliphatic rings. The second kappa shape index (κ2) is 12.8. The van der Waals surface area contributed by atoms with Crippen molar-refractivity contribution in [2.75, 3.05) is 0 Å². The van der Waals surface area contributed by atoms with Gasteiger partial charge in [0.1, 0.15) is 50.4 Å². The van der Waals surface area contributed by atoms with Gasteiger partial charge in [0.25, 0.3) is 0 Å². The van der Waals surface area contributed by atoms with Crippen LogP contribution >= 0.6 is 0 Å².